The summed E-state index contributed by atoms with van der Waals surface area (Å²) in [6.07, 6.45) is 0.808. The maximum atomic E-state index is 12.2. The summed E-state index contributed by atoms with van der Waals surface area (Å²) in [6, 6.07) is 8.12. The van der Waals surface area contributed by atoms with Gasteiger partial charge in [0.05, 0.1) is 10.8 Å². The fourth-order valence-electron chi connectivity index (χ4n) is 1.73. The van der Waals surface area contributed by atoms with E-state index in [0.717, 1.165) is 0 Å². The minimum absolute atomic E-state index is 0.196. The maximum Gasteiger partial charge on any atom is 0.306 e. The number of rotatable bonds is 7. The van der Waals surface area contributed by atoms with Gasteiger partial charge in [-0.2, -0.15) is 0 Å². The Bertz CT molecular complexity index is 513. The number of sulfonamides is 1. The highest BCUT2D eigenvalue weighted by Gasteiger charge is 2.22. The largest absolute Gasteiger partial charge is 0.481 e. The topological polar surface area (TPSA) is 74.7 Å². The van der Waals surface area contributed by atoms with Crippen LogP contribution in [0.25, 0.3) is 0 Å². The number of aliphatic carboxylic acids is 1. The minimum Gasteiger partial charge on any atom is -0.481 e. The number of benzene rings is 1. The summed E-state index contributed by atoms with van der Waals surface area (Å²) in [6.45, 7) is 1.98. The van der Waals surface area contributed by atoms with Gasteiger partial charge in [-0.3, -0.25) is 4.79 Å². The summed E-state index contributed by atoms with van der Waals surface area (Å²) in [5, 5.41) is 8.94. The number of carboxylic acids is 1. The van der Waals surface area contributed by atoms with E-state index >= 15 is 0 Å². The standard InChI is InChI=1S/C13H19NO4S/c1-3-11(13(15)16)9-10-14(2)19(17,18)12-7-5-4-6-8-12/h4-8,11H,3,9-10H2,1-2H3,(H,15,16)/t11-/m1/s1. The molecule has 0 aromatic heterocycles. The van der Waals surface area contributed by atoms with Crippen molar-refractivity contribution >= 4 is 16.0 Å². The summed E-state index contributed by atoms with van der Waals surface area (Å²) in [5.41, 5.74) is 0. The SMILES string of the molecule is CC[C@H](CCN(C)S(=O)(=O)c1ccccc1)C(=O)O. The molecule has 106 valence electrons. The molecule has 0 spiro atoms. The van der Waals surface area contributed by atoms with E-state index < -0.39 is 21.9 Å². The molecule has 1 atom stereocenters. The Kier molecular flexibility index (Phi) is 5.50. The quantitative estimate of drug-likeness (QED) is 0.829. The van der Waals surface area contributed by atoms with Gasteiger partial charge in [0.1, 0.15) is 0 Å². The Hall–Kier alpha value is -1.40. The predicted molar refractivity (Wildman–Crippen MR) is 72.3 cm³/mol. The third kappa shape index (κ3) is 4.04. The normalized spacial score (nSPS) is 13.4. The lowest BCUT2D eigenvalue weighted by Crippen LogP contribution is -2.30. The van der Waals surface area contributed by atoms with Gasteiger partial charge in [-0.05, 0) is 25.0 Å². The fraction of sp³-hybridized carbons (Fsp3) is 0.462. The second-order valence-corrected chi connectivity index (χ2v) is 6.42. The molecular weight excluding hydrogens is 266 g/mol. The molecule has 0 aliphatic carbocycles. The highest BCUT2D eigenvalue weighted by atomic mass is 32.2. The van der Waals surface area contributed by atoms with Crippen molar-refractivity contribution < 1.29 is 18.3 Å². The van der Waals surface area contributed by atoms with Gasteiger partial charge < -0.3 is 5.11 Å². The highest BCUT2D eigenvalue weighted by Crippen LogP contribution is 2.16. The van der Waals surface area contributed by atoms with Crippen molar-refractivity contribution in [1.82, 2.24) is 4.31 Å². The third-order valence-electron chi connectivity index (χ3n) is 3.09. The molecule has 0 aliphatic rings. The van der Waals surface area contributed by atoms with E-state index in [-0.39, 0.29) is 11.4 Å². The Labute approximate surface area is 113 Å². The summed E-state index contributed by atoms with van der Waals surface area (Å²) < 4.78 is 25.6. The van der Waals surface area contributed by atoms with Crippen LogP contribution in [0.15, 0.2) is 35.2 Å². The third-order valence-corrected chi connectivity index (χ3v) is 4.96. The van der Waals surface area contributed by atoms with E-state index in [0.29, 0.717) is 12.8 Å². The highest BCUT2D eigenvalue weighted by molar-refractivity contribution is 7.89. The zero-order chi connectivity index (χ0) is 14.5. The van der Waals surface area contributed by atoms with Crippen LogP contribution in [0, 0.1) is 5.92 Å². The van der Waals surface area contributed by atoms with Crippen molar-refractivity contribution in [2.75, 3.05) is 13.6 Å². The van der Waals surface area contributed by atoms with Crippen molar-refractivity contribution in [3.05, 3.63) is 30.3 Å². The lowest BCUT2D eigenvalue weighted by Gasteiger charge is -2.19. The van der Waals surface area contributed by atoms with Crippen LogP contribution in [0.2, 0.25) is 0 Å². The molecule has 0 radical (unpaired) electrons. The predicted octanol–water partition coefficient (Wildman–Crippen LogP) is 1.81. The number of hydrogen-bond donors (Lipinski definition) is 1. The molecule has 6 heteroatoms. The second-order valence-electron chi connectivity index (χ2n) is 4.37. The van der Waals surface area contributed by atoms with Gasteiger partial charge in [-0.15, -0.1) is 0 Å². The molecule has 19 heavy (non-hydrogen) atoms. The molecule has 1 aromatic carbocycles. The lowest BCUT2D eigenvalue weighted by atomic mass is 10.0. The zero-order valence-corrected chi connectivity index (χ0v) is 11.9. The molecular formula is C13H19NO4S. The van der Waals surface area contributed by atoms with Crippen LogP contribution in [0.1, 0.15) is 19.8 Å². The van der Waals surface area contributed by atoms with Gasteiger partial charge in [0.2, 0.25) is 10.0 Å². The van der Waals surface area contributed by atoms with Crippen LogP contribution in [0.3, 0.4) is 0 Å². The fourth-order valence-corrected chi connectivity index (χ4v) is 2.94. The van der Waals surface area contributed by atoms with E-state index in [1.54, 1.807) is 25.1 Å². The van der Waals surface area contributed by atoms with Gasteiger partial charge in [0.15, 0.2) is 0 Å². The van der Waals surface area contributed by atoms with Crippen LogP contribution < -0.4 is 0 Å². The maximum absolute atomic E-state index is 12.2. The van der Waals surface area contributed by atoms with Crippen molar-refractivity contribution in [2.24, 2.45) is 5.92 Å². The van der Waals surface area contributed by atoms with Crippen molar-refractivity contribution in [3.8, 4) is 0 Å². The Balaban J connectivity index is 2.73. The monoisotopic (exact) mass is 285 g/mol. The molecule has 0 bridgehead atoms. The molecule has 0 saturated heterocycles. The van der Waals surface area contributed by atoms with E-state index in [9.17, 15) is 13.2 Å². The molecule has 1 N–H and O–H groups in total. The number of hydrogen-bond acceptors (Lipinski definition) is 3. The van der Waals surface area contributed by atoms with Crippen LogP contribution in [0.5, 0.6) is 0 Å². The van der Waals surface area contributed by atoms with Crippen molar-refractivity contribution in [3.63, 3.8) is 0 Å². The van der Waals surface area contributed by atoms with Crippen LogP contribution in [-0.2, 0) is 14.8 Å². The Morgan fingerprint density at radius 2 is 1.89 bits per heavy atom. The zero-order valence-electron chi connectivity index (χ0n) is 11.1. The van der Waals surface area contributed by atoms with Gasteiger partial charge >= 0.3 is 5.97 Å². The van der Waals surface area contributed by atoms with Crippen LogP contribution in [0.4, 0.5) is 0 Å². The smallest absolute Gasteiger partial charge is 0.306 e. The average Bonchev–Trinajstić information content (AvgIpc) is 2.39. The van der Waals surface area contributed by atoms with E-state index in [1.807, 2.05) is 0 Å². The first-order chi connectivity index (χ1) is 8.89. The summed E-state index contributed by atoms with van der Waals surface area (Å²) in [5.74, 6) is -1.39. The van der Waals surface area contributed by atoms with Crippen LogP contribution >= 0.6 is 0 Å². The number of nitrogens with zero attached hydrogens (tertiary/aromatic N) is 1. The first kappa shape index (κ1) is 15.7. The Morgan fingerprint density at radius 3 is 2.37 bits per heavy atom. The van der Waals surface area contributed by atoms with Gasteiger partial charge in [0, 0.05) is 13.6 Å². The molecule has 0 aliphatic heterocycles. The van der Waals surface area contributed by atoms with Crippen molar-refractivity contribution in [1.29, 1.82) is 0 Å². The van der Waals surface area contributed by atoms with E-state index in [2.05, 4.69) is 0 Å². The molecule has 1 aromatic rings. The molecule has 5 nitrogen and oxygen atoms in total. The lowest BCUT2D eigenvalue weighted by molar-refractivity contribution is -0.142. The number of carbonyl (C=O) groups is 1. The molecule has 1 rings (SSSR count). The molecule has 0 amide bonds. The molecule has 0 saturated carbocycles. The van der Waals surface area contributed by atoms with Gasteiger partial charge in [-0.25, -0.2) is 12.7 Å². The van der Waals surface area contributed by atoms with Crippen LogP contribution in [-0.4, -0.2) is 37.4 Å². The average molecular weight is 285 g/mol. The number of carboxylic acid groups (broad SMARTS) is 1. The second kappa shape index (κ2) is 6.68. The van der Waals surface area contributed by atoms with E-state index in [1.165, 1.54) is 23.5 Å². The first-order valence-electron chi connectivity index (χ1n) is 6.13. The first-order valence-corrected chi connectivity index (χ1v) is 7.57. The summed E-state index contributed by atoms with van der Waals surface area (Å²) >= 11 is 0. The summed E-state index contributed by atoms with van der Waals surface area (Å²) in [4.78, 5) is 11.1. The molecule has 0 heterocycles. The van der Waals surface area contributed by atoms with Gasteiger partial charge in [0.25, 0.3) is 0 Å². The molecule has 0 fully saturated rings. The Morgan fingerprint density at radius 1 is 1.32 bits per heavy atom. The summed E-state index contributed by atoms with van der Waals surface area (Å²) in [7, 11) is -2.06. The van der Waals surface area contributed by atoms with E-state index in [4.69, 9.17) is 5.11 Å². The van der Waals surface area contributed by atoms with Gasteiger partial charge in [-0.1, -0.05) is 25.1 Å². The minimum atomic E-state index is -3.53. The molecule has 0 unspecified atom stereocenters. The van der Waals surface area contributed by atoms with Crippen molar-refractivity contribution in [2.45, 2.75) is 24.7 Å².